The lowest BCUT2D eigenvalue weighted by molar-refractivity contribution is 0.0695. The molecule has 0 bridgehead atoms. The van der Waals surface area contributed by atoms with Gasteiger partial charge < -0.3 is 15.7 Å². The van der Waals surface area contributed by atoms with Crippen LogP contribution in [-0.2, 0) is 13.0 Å². The molecule has 0 aliphatic carbocycles. The summed E-state index contributed by atoms with van der Waals surface area (Å²) < 4.78 is 0. The van der Waals surface area contributed by atoms with Crippen molar-refractivity contribution in [1.82, 2.24) is 9.88 Å². The first-order valence-electron chi connectivity index (χ1n) is 5.20. The van der Waals surface area contributed by atoms with Gasteiger partial charge in [0.15, 0.2) is 0 Å². The molecule has 0 atom stereocenters. The van der Waals surface area contributed by atoms with E-state index < -0.39 is 5.97 Å². The fourth-order valence-electron chi connectivity index (χ4n) is 2.10. The van der Waals surface area contributed by atoms with Crippen molar-refractivity contribution < 1.29 is 9.90 Å². The number of nitrogens with zero attached hydrogens (tertiary/aromatic N) is 2. The minimum absolute atomic E-state index is 0.246. The molecule has 0 saturated carbocycles. The van der Waals surface area contributed by atoms with Gasteiger partial charge in [-0.15, -0.1) is 0 Å². The normalized spacial score (nSPS) is 15.9. The molecule has 0 saturated heterocycles. The molecule has 5 heteroatoms. The summed E-state index contributed by atoms with van der Waals surface area (Å²) in [4.78, 5) is 17.7. The third kappa shape index (κ3) is 1.63. The van der Waals surface area contributed by atoms with Crippen LogP contribution in [0.4, 0.5) is 5.69 Å². The van der Waals surface area contributed by atoms with E-state index in [-0.39, 0.29) is 5.56 Å². The first-order valence-corrected chi connectivity index (χ1v) is 5.20. The SMILES string of the molecule is Cc1nc2c(c(C(=O)O)c1N)CCN(C)C2. The molecule has 2 heterocycles. The lowest BCUT2D eigenvalue weighted by Gasteiger charge is -2.26. The predicted octanol–water partition coefficient (Wildman–Crippen LogP) is 0.658. The Morgan fingerprint density at radius 3 is 2.88 bits per heavy atom. The van der Waals surface area contributed by atoms with Gasteiger partial charge in [0, 0.05) is 13.1 Å². The third-order valence-electron chi connectivity index (χ3n) is 2.99. The summed E-state index contributed by atoms with van der Waals surface area (Å²) in [5, 5.41) is 9.19. The third-order valence-corrected chi connectivity index (χ3v) is 2.99. The van der Waals surface area contributed by atoms with Gasteiger partial charge in [-0.2, -0.15) is 0 Å². The number of hydrogen-bond donors (Lipinski definition) is 2. The maximum Gasteiger partial charge on any atom is 0.338 e. The van der Waals surface area contributed by atoms with Crippen LogP contribution in [0, 0.1) is 6.92 Å². The summed E-state index contributed by atoms with van der Waals surface area (Å²) in [6, 6.07) is 0. The Hall–Kier alpha value is -1.62. The van der Waals surface area contributed by atoms with E-state index in [9.17, 15) is 9.90 Å². The Morgan fingerprint density at radius 2 is 2.25 bits per heavy atom. The molecule has 0 aromatic carbocycles. The Morgan fingerprint density at radius 1 is 1.56 bits per heavy atom. The van der Waals surface area contributed by atoms with E-state index in [1.807, 2.05) is 7.05 Å². The van der Waals surface area contributed by atoms with E-state index in [0.717, 1.165) is 17.8 Å². The maximum atomic E-state index is 11.2. The lowest BCUT2D eigenvalue weighted by Crippen LogP contribution is -2.30. The summed E-state index contributed by atoms with van der Waals surface area (Å²) in [5.41, 5.74) is 8.58. The molecule has 1 aliphatic rings. The van der Waals surface area contributed by atoms with E-state index in [1.54, 1.807) is 6.92 Å². The number of aromatic nitrogens is 1. The molecule has 86 valence electrons. The number of aryl methyl sites for hydroxylation is 1. The fourth-order valence-corrected chi connectivity index (χ4v) is 2.10. The van der Waals surface area contributed by atoms with Crippen LogP contribution in [0.2, 0.25) is 0 Å². The van der Waals surface area contributed by atoms with Gasteiger partial charge in [-0.05, 0) is 26.0 Å². The second-order valence-corrected chi connectivity index (χ2v) is 4.20. The van der Waals surface area contributed by atoms with E-state index in [4.69, 9.17) is 5.73 Å². The van der Waals surface area contributed by atoms with Crippen LogP contribution in [0.15, 0.2) is 0 Å². The number of carboxylic acids is 1. The minimum Gasteiger partial charge on any atom is -0.478 e. The molecule has 16 heavy (non-hydrogen) atoms. The van der Waals surface area contributed by atoms with E-state index >= 15 is 0 Å². The average Bonchev–Trinajstić information content (AvgIpc) is 2.19. The van der Waals surface area contributed by atoms with E-state index in [2.05, 4.69) is 9.88 Å². The number of fused-ring (bicyclic) bond motifs is 1. The zero-order chi connectivity index (χ0) is 11.9. The standard InChI is InChI=1S/C11H15N3O2/c1-6-10(12)9(11(15)16)7-3-4-14(2)5-8(7)13-6/h3-5,12H2,1-2H3,(H,15,16). The number of hydrogen-bond acceptors (Lipinski definition) is 4. The van der Waals surface area contributed by atoms with Crippen LogP contribution in [0.1, 0.15) is 27.3 Å². The Bertz CT molecular complexity index is 457. The molecule has 2 rings (SSSR count). The second kappa shape index (κ2) is 3.75. The number of aromatic carboxylic acids is 1. The molecule has 5 nitrogen and oxygen atoms in total. The van der Waals surface area contributed by atoms with Gasteiger partial charge in [0.2, 0.25) is 0 Å². The molecule has 1 aliphatic heterocycles. The van der Waals surface area contributed by atoms with Gasteiger partial charge in [-0.25, -0.2) is 4.79 Å². The topological polar surface area (TPSA) is 79.4 Å². The van der Waals surface area contributed by atoms with Gasteiger partial charge in [0.1, 0.15) is 0 Å². The fraction of sp³-hybridized carbons (Fsp3) is 0.455. The van der Waals surface area contributed by atoms with Crippen LogP contribution in [0.3, 0.4) is 0 Å². The van der Waals surface area contributed by atoms with Gasteiger partial charge in [0.05, 0.1) is 22.6 Å². The highest BCUT2D eigenvalue weighted by Gasteiger charge is 2.24. The largest absolute Gasteiger partial charge is 0.478 e. The number of carboxylic acid groups (broad SMARTS) is 1. The molecule has 0 spiro atoms. The number of nitrogen functional groups attached to an aromatic ring is 1. The van der Waals surface area contributed by atoms with Crippen molar-refractivity contribution in [2.24, 2.45) is 0 Å². The zero-order valence-electron chi connectivity index (χ0n) is 9.45. The number of carbonyl (C=O) groups is 1. The smallest absolute Gasteiger partial charge is 0.338 e. The number of likely N-dealkylation sites (N-methyl/N-ethyl adjacent to an activating group) is 1. The average molecular weight is 221 g/mol. The van der Waals surface area contributed by atoms with Crippen LogP contribution < -0.4 is 5.73 Å². The number of pyridine rings is 1. The highest BCUT2D eigenvalue weighted by atomic mass is 16.4. The summed E-state index contributed by atoms with van der Waals surface area (Å²) >= 11 is 0. The molecule has 1 aromatic rings. The Labute approximate surface area is 93.9 Å². The zero-order valence-corrected chi connectivity index (χ0v) is 9.45. The molecule has 0 radical (unpaired) electrons. The first-order chi connectivity index (χ1) is 7.50. The first kappa shape index (κ1) is 10.9. The minimum atomic E-state index is -0.955. The molecule has 3 N–H and O–H groups in total. The predicted molar refractivity (Wildman–Crippen MR) is 60.4 cm³/mol. The quantitative estimate of drug-likeness (QED) is 0.728. The van der Waals surface area contributed by atoms with Crippen molar-refractivity contribution in [3.05, 3.63) is 22.5 Å². The lowest BCUT2D eigenvalue weighted by atomic mass is 9.97. The summed E-state index contributed by atoms with van der Waals surface area (Å²) in [5.74, 6) is -0.955. The van der Waals surface area contributed by atoms with E-state index in [0.29, 0.717) is 24.3 Å². The molecular weight excluding hydrogens is 206 g/mol. The molecule has 0 fully saturated rings. The van der Waals surface area contributed by atoms with E-state index in [1.165, 1.54) is 0 Å². The molecular formula is C11H15N3O2. The molecule has 0 amide bonds. The summed E-state index contributed by atoms with van der Waals surface area (Å²) in [6.07, 6.45) is 0.699. The second-order valence-electron chi connectivity index (χ2n) is 4.20. The van der Waals surface area contributed by atoms with Gasteiger partial charge in [0.25, 0.3) is 0 Å². The maximum absolute atomic E-state index is 11.2. The number of rotatable bonds is 1. The van der Waals surface area contributed by atoms with Crippen molar-refractivity contribution in [2.75, 3.05) is 19.3 Å². The van der Waals surface area contributed by atoms with Crippen molar-refractivity contribution in [3.63, 3.8) is 0 Å². The van der Waals surface area contributed by atoms with Crippen molar-refractivity contribution in [1.29, 1.82) is 0 Å². The van der Waals surface area contributed by atoms with Crippen LogP contribution in [0.25, 0.3) is 0 Å². The van der Waals surface area contributed by atoms with Gasteiger partial charge >= 0.3 is 5.97 Å². The summed E-state index contributed by atoms with van der Waals surface area (Å²) in [6.45, 7) is 3.28. The molecule has 1 aromatic heterocycles. The van der Waals surface area contributed by atoms with Crippen molar-refractivity contribution >= 4 is 11.7 Å². The Kier molecular flexibility index (Phi) is 2.55. The monoisotopic (exact) mass is 221 g/mol. The van der Waals surface area contributed by atoms with Crippen molar-refractivity contribution in [3.8, 4) is 0 Å². The van der Waals surface area contributed by atoms with Gasteiger partial charge in [-0.3, -0.25) is 4.98 Å². The van der Waals surface area contributed by atoms with Crippen molar-refractivity contribution in [2.45, 2.75) is 19.9 Å². The molecule has 0 unspecified atom stereocenters. The number of anilines is 1. The van der Waals surface area contributed by atoms with Crippen LogP contribution in [-0.4, -0.2) is 34.6 Å². The number of nitrogens with two attached hydrogens (primary N) is 1. The highest BCUT2D eigenvalue weighted by molar-refractivity contribution is 5.96. The van der Waals surface area contributed by atoms with Crippen LogP contribution in [0.5, 0.6) is 0 Å². The van der Waals surface area contributed by atoms with Gasteiger partial charge in [-0.1, -0.05) is 0 Å². The van der Waals surface area contributed by atoms with Crippen LogP contribution >= 0.6 is 0 Å². The Balaban J connectivity index is 2.63. The highest BCUT2D eigenvalue weighted by Crippen LogP contribution is 2.26. The summed E-state index contributed by atoms with van der Waals surface area (Å²) in [7, 11) is 2.00.